The number of phenols is 1. The van der Waals surface area contributed by atoms with Crippen LogP contribution in [0.5, 0.6) is 5.75 Å². The summed E-state index contributed by atoms with van der Waals surface area (Å²) < 4.78 is 0.682. The first-order valence-electron chi connectivity index (χ1n) is 8.52. The Bertz CT molecular complexity index is 1000. The van der Waals surface area contributed by atoms with Gasteiger partial charge in [-0.1, -0.05) is 17.7 Å². The van der Waals surface area contributed by atoms with E-state index in [4.69, 9.17) is 11.6 Å². The van der Waals surface area contributed by atoms with Gasteiger partial charge < -0.3 is 15.7 Å². The van der Waals surface area contributed by atoms with E-state index >= 15 is 0 Å². The molecular formula is C19H18ClN3O3S2. The predicted octanol–water partition coefficient (Wildman–Crippen LogP) is 4.09. The number of thiophene rings is 1. The second-order valence-electron chi connectivity index (χ2n) is 5.95. The van der Waals surface area contributed by atoms with E-state index in [0.29, 0.717) is 40.0 Å². The van der Waals surface area contributed by atoms with Gasteiger partial charge in [-0.15, -0.1) is 22.7 Å². The highest BCUT2D eigenvalue weighted by molar-refractivity contribution is 7.24. The summed E-state index contributed by atoms with van der Waals surface area (Å²) in [6.45, 7) is 2.64. The minimum Gasteiger partial charge on any atom is -0.508 e. The zero-order valence-corrected chi connectivity index (χ0v) is 17.4. The number of amides is 2. The van der Waals surface area contributed by atoms with E-state index in [2.05, 4.69) is 15.6 Å². The molecule has 28 heavy (non-hydrogen) atoms. The van der Waals surface area contributed by atoms with Crippen molar-refractivity contribution >= 4 is 46.1 Å². The molecule has 2 aromatic heterocycles. The monoisotopic (exact) mass is 435 g/mol. The summed E-state index contributed by atoms with van der Waals surface area (Å²) in [6.07, 6.45) is 0.585. The standard InChI is InChI=1S/C19H18ClN3O3S2/c1-11-16(28-19(23-11)14-6-7-15(20)27-14)18(26)22-9-3-8-21-17(25)12-4-2-5-13(24)10-12/h2,4-7,10,24H,3,8-9H2,1H3,(H,21,25)(H,22,26). The fraction of sp³-hybridized carbons (Fsp3) is 0.211. The Kier molecular flexibility index (Phi) is 6.66. The van der Waals surface area contributed by atoms with Gasteiger partial charge in [0.15, 0.2) is 0 Å². The molecule has 0 saturated heterocycles. The SMILES string of the molecule is Cc1nc(-c2ccc(Cl)s2)sc1C(=O)NCCCNC(=O)c1cccc(O)c1. The van der Waals surface area contributed by atoms with Gasteiger partial charge >= 0.3 is 0 Å². The van der Waals surface area contributed by atoms with Gasteiger partial charge in [0, 0.05) is 18.7 Å². The topological polar surface area (TPSA) is 91.3 Å². The van der Waals surface area contributed by atoms with Gasteiger partial charge in [-0.2, -0.15) is 0 Å². The van der Waals surface area contributed by atoms with E-state index in [9.17, 15) is 14.7 Å². The third kappa shape index (κ3) is 5.09. The van der Waals surface area contributed by atoms with Crippen LogP contribution in [-0.4, -0.2) is 35.0 Å². The number of aromatic nitrogens is 1. The van der Waals surface area contributed by atoms with Crippen LogP contribution < -0.4 is 10.6 Å². The number of thiazole rings is 1. The van der Waals surface area contributed by atoms with Crippen LogP contribution in [0.15, 0.2) is 36.4 Å². The molecule has 3 N–H and O–H groups in total. The van der Waals surface area contributed by atoms with E-state index in [-0.39, 0.29) is 17.6 Å². The van der Waals surface area contributed by atoms with Crippen molar-refractivity contribution in [3.05, 3.63) is 56.9 Å². The molecule has 0 aliphatic rings. The van der Waals surface area contributed by atoms with Crippen molar-refractivity contribution in [2.75, 3.05) is 13.1 Å². The lowest BCUT2D eigenvalue weighted by molar-refractivity contribution is 0.0952. The molecule has 0 radical (unpaired) electrons. The Morgan fingerprint density at radius 1 is 1.11 bits per heavy atom. The lowest BCUT2D eigenvalue weighted by Gasteiger charge is -2.07. The number of halogens is 1. The highest BCUT2D eigenvalue weighted by Crippen LogP contribution is 2.34. The van der Waals surface area contributed by atoms with Gasteiger partial charge in [-0.05, 0) is 43.7 Å². The maximum atomic E-state index is 12.4. The smallest absolute Gasteiger partial charge is 0.263 e. The minimum atomic E-state index is -0.264. The molecule has 146 valence electrons. The number of hydrogen-bond donors (Lipinski definition) is 3. The average molecular weight is 436 g/mol. The zero-order valence-electron chi connectivity index (χ0n) is 15.0. The molecule has 3 rings (SSSR count). The number of rotatable bonds is 7. The zero-order chi connectivity index (χ0) is 20.1. The Balaban J connectivity index is 1.46. The maximum Gasteiger partial charge on any atom is 0.263 e. The number of benzene rings is 1. The quantitative estimate of drug-likeness (QED) is 0.487. The molecule has 2 amide bonds. The van der Waals surface area contributed by atoms with Gasteiger partial charge in [0.1, 0.15) is 15.6 Å². The Morgan fingerprint density at radius 2 is 1.86 bits per heavy atom. The van der Waals surface area contributed by atoms with E-state index in [0.717, 1.165) is 9.88 Å². The Hall–Kier alpha value is -2.42. The third-order valence-electron chi connectivity index (χ3n) is 3.82. The Labute approximate surface area is 175 Å². The summed E-state index contributed by atoms with van der Waals surface area (Å²) in [6, 6.07) is 9.85. The lowest BCUT2D eigenvalue weighted by atomic mass is 10.2. The lowest BCUT2D eigenvalue weighted by Crippen LogP contribution is -2.29. The van der Waals surface area contributed by atoms with Crippen LogP contribution in [0, 0.1) is 6.92 Å². The van der Waals surface area contributed by atoms with Crippen LogP contribution in [0.2, 0.25) is 4.34 Å². The van der Waals surface area contributed by atoms with Crippen LogP contribution in [0.3, 0.4) is 0 Å². The van der Waals surface area contributed by atoms with E-state index in [1.54, 1.807) is 19.1 Å². The van der Waals surface area contributed by atoms with Gasteiger partial charge in [-0.3, -0.25) is 9.59 Å². The molecule has 0 aliphatic carbocycles. The summed E-state index contributed by atoms with van der Waals surface area (Å²) in [5.74, 6) is -0.396. The van der Waals surface area contributed by atoms with Crippen molar-refractivity contribution in [2.45, 2.75) is 13.3 Å². The van der Waals surface area contributed by atoms with Gasteiger partial charge in [0.25, 0.3) is 11.8 Å². The summed E-state index contributed by atoms with van der Waals surface area (Å²) in [7, 11) is 0. The number of carbonyl (C=O) groups excluding carboxylic acids is 2. The maximum absolute atomic E-state index is 12.4. The van der Waals surface area contributed by atoms with Crippen LogP contribution in [-0.2, 0) is 0 Å². The number of hydrogen-bond acceptors (Lipinski definition) is 6. The molecule has 3 aromatic rings. The summed E-state index contributed by atoms with van der Waals surface area (Å²) >= 11 is 8.72. The van der Waals surface area contributed by atoms with Crippen LogP contribution in [0.25, 0.3) is 9.88 Å². The average Bonchev–Trinajstić information content (AvgIpc) is 3.26. The number of nitrogens with zero attached hydrogens (tertiary/aromatic N) is 1. The first-order valence-corrected chi connectivity index (χ1v) is 10.5. The molecule has 0 unspecified atom stereocenters. The third-order valence-corrected chi connectivity index (χ3v) is 6.38. The predicted molar refractivity (Wildman–Crippen MR) is 113 cm³/mol. The molecule has 0 atom stereocenters. The van der Waals surface area contributed by atoms with Crippen molar-refractivity contribution in [1.29, 1.82) is 0 Å². The summed E-state index contributed by atoms with van der Waals surface area (Å²) in [5.41, 5.74) is 1.07. The molecule has 1 aromatic carbocycles. The number of carbonyl (C=O) groups is 2. The summed E-state index contributed by atoms with van der Waals surface area (Å²) in [4.78, 5) is 30.3. The van der Waals surface area contributed by atoms with Crippen molar-refractivity contribution < 1.29 is 14.7 Å². The first kappa shape index (κ1) is 20.3. The largest absolute Gasteiger partial charge is 0.508 e. The normalized spacial score (nSPS) is 10.6. The molecule has 2 heterocycles. The number of aryl methyl sites for hydroxylation is 1. The fourth-order valence-electron chi connectivity index (χ4n) is 2.46. The van der Waals surface area contributed by atoms with Crippen LogP contribution in [0.4, 0.5) is 0 Å². The highest BCUT2D eigenvalue weighted by Gasteiger charge is 2.17. The minimum absolute atomic E-state index is 0.0454. The first-order chi connectivity index (χ1) is 13.4. The van der Waals surface area contributed by atoms with Gasteiger partial charge in [0.05, 0.1) is 14.9 Å². The van der Waals surface area contributed by atoms with Crippen molar-refractivity contribution in [1.82, 2.24) is 15.6 Å². The van der Waals surface area contributed by atoms with E-state index in [1.165, 1.54) is 34.8 Å². The highest BCUT2D eigenvalue weighted by atomic mass is 35.5. The molecule has 0 bridgehead atoms. The molecule has 0 spiro atoms. The molecule has 9 heteroatoms. The second kappa shape index (κ2) is 9.18. The van der Waals surface area contributed by atoms with Crippen LogP contribution >= 0.6 is 34.3 Å². The van der Waals surface area contributed by atoms with E-state index in [1.807, 2.05) is 12.1 Å². The number of phenolic OH excluding ortho intramolecular Hbond substituents is 1. The number of nitrogens with one attached hydrogen (secondary N) is 2. The van der Waals surface area contributed by atoms with E-state index < -0.39 is 0 Å². The molecule has 6 nitrogen and oxygen atoms in total. The van der Waals surface area contributed by atoms with Gasteiger partial charge in [0.2, 0.25) is 0 Å². The second-order valence-corrected chi connectivity index (χ2v) is 8.67. The van der Waals surface area contributed by atoms with Gasteiger partial charge in [-0.25, -0.2) is 4.98 Å². The summed E-state index contributed by atoms with van der Waals surface area (Å²) in [5, 5.41) is 15.8. The van der Waals surface area contributed by atoms with Crippen molar-refractivity contribution in [2.24, 2.45) is 0 Å². The molecule has 0 aliphatic heterocycles. The fourth-order valence-corrected chi connectivity index (χ4v) is 4.54. The van der Waals surface area contributed by atoms with Crippen molar-refractivity contribution in [3.8, 4) is 15.6 Å². The molecular weight excluding hydrogens is 418 g/mol. The number of aromatic hydroxyl groups is 1. The molecule has 0 fully saturated rings. The Morgan fingerprint density at radius 3 is 2.54 bits per heavy atom. The van der Waals surface area contributed by atoms with Crippen LogP contribution in [0.1, 0.15) is 32.1 Å². The molecule has 0 saturated carbocycles. The van der Waals surface area contributed by atoms with Crippen molar-refractivity contribution in [3.63, 3.8) is 0 Å².